The van der Waals surface area contributed by atoms with Gasteiger partial charge in [0.05, 0.1) is 7.11 Å². The Labute approximate surface area is 60.3 Å². The monoisotopic (exact) mass is 144 g/mol. The summed E-state index contributed by atoms with van der Waals surface area (Å²) in [6, 6.07) is 0. The number of unbranched alkanes of at least 4 members (excludes halogenated alkanes) is 1. The number of hydrogen-bond acceptors (Lipinski definition) is 3. The lowest BCUT2D eigenvalue weighted by Crippen LogP contribution is -2.16. The molecule has 1 amide bonds. The fourth-order valence-corrected chi connectivity index (χ4v) is 0.338. The van der Waals surface area contributed by atoms with Crippen molar-refractivity contribution in [1.29, 1.82) is 0 Å². The van der Waals surface area contributed by atoms with Crippen molar-refractivity contribution in [3.8, 4) is 0 Å². The highest BCUT2D eigenvalue weighted by Crippen LogP contribution is 1.79. The molecule has 0 saturated heterocycles. The highest BCUT2D eigenvalue weighted by Gasteiger charge is 1.90. The molecule has 0 bridgehead atoms. The van der Waals surface area contributed by atoms with Crippen LogP contribution in [0.2, 0.25) is 0 Å². The van der Waals surface area contributed by atoms with Crippen LogP contribution in [-0.4, -0.2) is 19.4 Å². The maximum Gasteiger partial charge on any atom is 0.427 e. The van der Waals surface area contributed by atoms with Crippen molar-refractivity contribution in [2.45, 2.75) is 19.8 Å². The second-order valence-corrected chi connectivity index (χ2v) is 1.70. The van der Waals surface area contributed by atoms with E-state index in [0.717, 1.165) is 12.8 Å². The van der Waals surface area contributed by atoms with Crippen molar-refractivity contribution >= 4 is 12.3 Å². The largest absolute Gasteiger partial charge is 0.452 e. The second kappa shape index (κ2) is 6.07. The molecule has 0 unspecified atom stereocenters. The molecule has 0 aromatic heterocycles. The molecule has 10 heavy (non-hydrogen) atoms. The van der Waals surface area contributed by atoms with Gasteiger partial charge in [0.1, 0.15) is 0 Å². The van der Waals surface area contributed by atoms with Gasteiger partial charge in [-0.2, -0.15) is 5.10 Å². The Bertz CT molecular complexity index is 123. The summed E-state index contributed by atoms with van der Waals surface area (Å²) in [7, 11) is 1.30. The van der Waals surface area contributed by atoms with Crippen LogP contribution in [0.25, 0.3) is 0 Å². The lowest BCUT2D eigenvalue weighted by molar-refractivity contribution is 0.171. The minimum atomic E-state index is -0.535. The van der Waals surface area contributed by atoms with E-state index in [1.807, 2.05) is 6.92 Å². The van der Waals surface area contributed by atoms with Gasteiger partial charge < -0.3 is 4.74 Å². The summed E-state index contributed by atoms with van der Waals surface area (Å²) in [5.74, 6) is 0. The molecule has 0 saturated carbocycles. The van der Waals surface area contributed by atoms with Crippen molar-refractivity contribution in [3.63, 3.8) is 0 Å². The van der Waals surface area contributed by atoms with E-state index >= 15 is 0 Å². The summed E-state index contributed by atoms with van der Waals surface area (Å²) < 4.78 is 4.27. The quantitative estimate of drug-likeness (QED) is 0.476. The molecular weight excluding hydrogens is 132 g/mol. The number of rotatable bonds is 3. The zero-order chi connectivity index (χ0) is 7.82. The number of ether oxygens (including phenoxy) is 1. The Morgan fingerprint density at radius 2 is 2.50 bits per heavy atom. The number of carbonyl (C=O) groups is 1. The zero-order valence-electron chi connectivity index (χ0n) is 6.26. The summed E-state index contributed by atoms with van der Waals surface area (Å²) in [6.07, 6.45) is 2.99. The predicted molar refractivity (Wildman–Crippen MR) is 38.9 cm³/mol. The summed E-state index contributed by atoms with van der Waals surface area (Å²) >= 11 is 0. The molecule has 0 aliphatic heterocycles. The van der Waals surface area contributed by atoms with Gasteiger partial charge in [0.25, 0.3) is 0 Å². The van der Waals surface area contributed by atoms with E-state index in [1.54, 1.807) is 6.21 Å². The number of hydrazone groups is 1. The van der Waals surface area contributed by atoms with Gasteiger partial charge in [0, 0.05) is 6.21 Å². The van der Waals surface area contributed by atoms with Crippen LogP contribution < -0.4 is 5.43 Å². The van der Waals surface area contributed by atoms with Crippen LogP contribution in [0, 0.1) is 0 Å². The number of nitrogens with zero attached hydrogens (tertiary/aromatic N) is 1. The van der Waals surface area contributed by atoms with Crippen LogP contribution in [0.3, 0.4) is 0 Å². The lowest BCUT2D eigenvalue weighted by atomic mass is 10.4. The minimum Gasteiger partial charge on any atom is -0.452 e. The molecule has 0 heterocycles. The first-order valence-electron chi connectivity index (χ1n) is 3.16. The van der Waals surface area contributed by atoms with Crippen LogP contribution in [0.15, 0.2) is 5.10 Å². The molecule has 58 valence electrons. The number of carbonyl (C=O) groups excluding carboxylic acids is 1. The summed E-state index contributed by atoms with van der Waals surface area (Å²) in [6.45, 7) is 2.03. The van der Waals surface area contributed by atoms with Gasteiger partial charge in [-0.15, -0.1) is 0 Å². The summed E-state index contributed by atoms with van der Waals surface area (Å²) in [5.41, 5.74) is 2.18. The number of methoxy groups -OCH3 is 1. The molecule has 4 nitrogen and oxygen atoms in total. The maximum atomic E-state index is 10.3. The van der Waals surface area contributed by atoms with E-state index in [1.165, 1.54) is 7.11 Å². The topological polar surface area (TPSA) is 50.7 Å². The van der Waals surface area contributed by atoms with Crippen LogP contribution >= 0.6 is 0 Å². The van der Waals surface area contributed by atoms with Crippen molar-refractivity contribution < 1.29 is 9.53 Å². The molecule has 1 N–H and O–H groups in total. The van der Waals surface area contributed by atoms with Crippen molar-refractivity contribution in [3.05, 3.63) is 0 Å². The molecule has 0 atom stereocenters. The van der Waals surface area contributed by atoms with Crippen LogP contribution in [0.4, 0.5) is 4.79 Å². The van der Waals surface area contributed by atoms with Gasteiger partial charge in [-0.1, -0.05) is 13.3 Å². The predicted octanol–water partition coefficient (Wildman–Crippen LogP) is 1.13. The molecule has 0 aromatic rings. The van der Waals surface area contributed by atoms with E-state index < -0.39 is 6.09 Å². The number of hydrogen-bond donors (Lipinski definition) is 1. The lowest BCUT2D eigenvalue weighted by Gasteiger charge is -1.93. The van der Waals surface area contributed by atoms with Gasteiger partial charge in [-0.3, -0.25) is 0 Å². The van der Waals surface area contributed by atoms with Crippen LogP contribution in [-0.2, 0) is 4.74 Å². The second-order valence-electron chi connectivity index (χ2n) is 1.70. The van der Waals surface area contributed by atoms with Crippen molar-refractivity contribution in [2.24, 2.45) is 5.10 Å². The molecule has 0 fully saturated rings. The zero-order valence-corrected chi connectivity index (χ0v) is 6.26. The highest BCUT2D eigenvalue weighted by atomic mass is 16.5. The third kappa shape index (κ3) is 5.08. The van der Waals surface area contributed by atoms with Gasteiger partial charge in [0.15, 0.2) is 0 Å². The summed E-state index contributed by atoms with van der Waals surface area (Å²) in [4.78, 5) is 10.3. The molecule has 0 aromatic carbocycles. The van der Waals surface area contributed by atoms with E-state index in [4.69, 9.17) is 0 Å². The Hall–Kier alpha value is -1.06. The number of amides is 1. The first kappa shape index (κ1) is 8.94. The van der Waals surface area contributed by atoms with Gasteiger partial charge in [-0.05, 0) is 6.42 Å². The van der Waals surface area contributed by atoms with Crippen molar-refractivity contribution in [2.75, 3.05) is 7.11 Å². The Morgan fingerprint density at radius 1 is 1.80 bits per heavy atom. The first-order chi connectivity index (χ1) is 4.81. The third-order valence-corrected chi connectivity index (χ3v) is 0.850. The molecule has 0 radical (unpaired) electrons. The van der Waals surface area contributed by atoms with Crippen LogP contribution in [0.5, 0.6) is 0 Å². The van der Waals surface area contributed by atoms with Gasteiger partial charge >= 0.3 is 6.09 Å². The average molecular weight is 144 g/mol. The minimum absolute atomic E-state index is 0.535. The van der Waals surface area contributed by atoms with Crippen LogP contribution in [0.1, 0.15) is 19.8 Å². The molecule has 0 rings (SSSR count). The highest BCUT2D eigenvalue weighted by molar-refractivity contribution is 5.68. The van der Waals surface area contributed by atoms with E-state index in [2.05, 4.69) is 15.3 Å². The molecular formula is C6H12N2O2. The Balaban J connectivity index is 3.25. The Morgan fingerprint density at radius 3 is 3.00 bits per heavy atom. The standard InChI is InChI=1S/C6H12N2O2/c1-3-4-5-7-8-6(9)10-2/h5H,3-4H2,1-2H3,(H,8,9)/b7-5+. The van der Waals surface area contributed by atoms with E-state index in [9.17, 15) is 4.79 Å². The smallest absolute Gasteiger partial charge is 0.427 e. The average Bonchev–Trinajstić information content (AvgIpc) is 1.98. The fourth-order valence-electron chi connectivity index (χ4n) is 0.338. The third-order valence-electron chi connectivity index (χ3n) is 0.850. The molecule has 0 spiro atoms. The maximum absolute atomic E-state index is 10.3. The fraction of sp³-hybridized carbons (Fsp3) is 0.667. The number of nitrogens with one attached hydrogen (secondary N) is 1. The van der Waals surface area contributed by atoms with Crippen molar-refractivity contribution in [1.82, 2.24) is 5.43 Å². The van der Waals surface area contributed by atoms with E-state index in [0.29, 0.717) is 0 Å². The normalized spacial score (nSPS) is 9.80. The molecule has 0 aliphatic carbocycles. The van der Waals surface area contributed by atoms with Gasteiger partial charge in [0.2, 0.25) is 0 Å². The molecule has 4 heteroatoms. The SMILES string of the molecule is CCC/C=N/NC(=O)OC. The summed E-state index contributed by atoms with van der Waals surface area (Å²) in [5, 5.41) is 3.58. The van der Waals surface area contributed by atoms with Gasteiger partial charge in [-0.25, -0.2) is 10.2 Å². The van der Waals surface area contributed by atoms with E-state index in [-0.39, 0.29) is 0 Å². The molecule has 0 aliphatic rings. The Kier molecular flexibility index (Phi) is 5.42. The first-order valence-corrected chi connectivity index (χ1v) is 3.16.